The highest BCUT2D eigenvalue weighted by Gasteiger charge is 2.19. The zero-order valence-corrected chi connectivity index (χ0v) is 9.79. The Bertz CT molecular complexity index is 313. The highest BCUT2D eigenvalue weighted by Crippen LogP contribution is 2.28. The Morgan fingerprint density at radius 1 is 1.53 bits per heavy atom. The average Bonchev–Trinajstić information content (AvgIpc) is 2.49. The Kier molecular flexibility index (Phi) is 3.29. The molecule has 0 unspecified atom stereocenters. The summed E-state index contributed by atoms with van der Waals surface area (Å²) in [6.07, 6.45) is 7.51. The first-order valence-corrected chi connectivity index (χ1v) is 6.07. The molecular weight excluding hydrogens is 186 g/mol. The van der Waals surface area contributed by atoms with Crippen LogP contribution in [0.4, 0.5) is 5.95 Å². The van der Waals surface area contributed by atoms with E-state index in [1.807, 2.05) is 0 Å². The average molecular weight is 207 g/mol. The zero-order valence-electron chi connectivity index (χ0n) is 9.79. The second-order valence-corrected chi connectivity index (χ2v) is 4.58. The lowest BCUT2D eigenvalue weighted by atomic mass is 9.85. The molecule has 0 amide bonds. The number of hydrogen-bond acceptors (Lipinski definition) is 2. The summed E-state index contributed by atoms with van der Waals surface area (Å²) in [7, 11) is 0. The fourth-order valence-corrected chi connectivity index (χ4v) is 2.02. The van der Waals surface area contributed by atoms with Crippen LogP contribution in [0, 0.1) is 12.8 Å². The van der Waals surface area contributed by atoms with E-state index < -0.39 is 0 Å². The normalized spacial score (nSPS) is 16.4. The first kappa shape index (κ1) is 10.5. The van der Waals surface area contributed by atoms with Gasteiger partial charge in [-0.15, -0.1) is 0 Å². The van der Waals surface area contributed by atoms with Crippen molar-refractivity contribution in [1.82, 2.24) is 9.55 Å². The number of aromatic nitrogens is 2. The van der Waals surface area contributed by atoms with Crippen LogP contribution in [0.3, 0.4) is 0 Å². The minimum atomic E-state index is 0.890. The molecule has 0 radical (unpaired) electrons. The van der Waals surface area contributed by atoms with Gasteiger partial charge in [0.1, 0.15) is 0 Å². The highest BCUT2D eigenvalue weighted by molar-refractivity contribution is 5.28. The lowest BCUT2D eigenvalue weighted by molar-refractivity contribution is 0.278. The molecule has 1 N–H and O–H groups in total. The maximum Gasteiger partial charge on any atom is 0.203 e. The summed E-state index contributed by atoms with van der Waals surface area (Å²) in [5.74, 6) is 1.95. The molecule has 2 rings (SSSR count). The summed E-state index contributed by atoms with van der Waals surface area (Å²) in [4.78, 5) is 4.51. The Labute approximate surface area is 91.9 Å². The van der Waals surface area contributed by atoms with Gasteiger partial charge in [-0.05, 0) is 32.1 Å². The molecule has 0 spiro atoms. The topological polar surface area (TPSA) is 29.9 Å². The zero-order chi connectivity index (χ0) is 10.7. The van der Waals surface area contributed by atoms with Gasteiger partial charge in [0, 0.05) is 19.3 Å². The standard InChI is InChI=1S/C12H21N3/c1-3-7-13-12-14-10(2)8-15(12)9-11-5-4-6-11/h8,11H,3-7,9H2,1-2H3,(H,13,14). The third-order valence-electron chi connectivity index (χ3n) is 3.11. The molecule has 1 aromatic heterocycles. The fourth-order valence-electron chi connectivity index (χ4n) is 2.02. The minimum Gasteiger partial charge on any atom is -0.356 e. The largest absolute Gasteiger partial charge is 0.356 e. The Hall–Kier alpha value is -0.990. The van der Waals surface area contributed by atoms with Crippen molar-refractivity contribution in [3.05, 3.63) is 11.9 Å². The van der Waals surface area contributed by atoms with Crippen LogP contribution in [0.5, 0.6) is 0 Å². The number of rotatable bonds is 5. The molecule has 0 atom stereocenters. The maximum absolute atomic E-state index is 4.51. The van der Waals surface area contributed by atoms with Crippen LogP contribution < -0.4 is 5.32 Å². The first-order valence-electron chi connectivity index (χ1n) is 6.07. The molecule has 1 aromatic rings. The van der Waals surface area contributed by atoms with E-state index in [-0.39, 0.29) is 0 Å². The lowest BCUT2D eigenvalue weighted by Crippen LogP contribution is -2.19. The summed E-state index contributed by atoms with van der Waals surface area (Å²) in [6, 6.07) is 0. The van der Waals surface area contributed by atoms with Crippen LogP contribution in [0.25, 0.3) is 0 Å². The van der Waals surface area contributed by atoms with Crippen molar-refractivity contribution in [2.45, 2.75) is 46.1 Å². The van der Waals surface area contributed by atoms with Crippen molar-refractivity contribution < 1.29 is 0 Å². The van der Waals surface area contributed by atoms with Crippen molar-refractivity contribution >= 4 is 5.95 Å². The number of anilines is 1. The SMILES string of the molecule is CCCNc1nc(C)cn1CC1CCC1. The molecule has 3 heteroatoms. The highest BCUT2D eigenvalue weighted by atomic mass is 15.2. The van der Waals surface area contributed by atoms with Crippen molar-refractivity contribution in [3.8, 4) is 0 Å². The van der Waals surface area contributed by atoms with E-state index in [2.05, 4.69) is 34.9 Å². The fraction of sp³-hybridized carbons (Fsp3) is 0.750. The van der Waals surface area contributed by atoms with Crippen molar-refractivity contribution in [3.63, 3.8) is 0 Å². The van der Waals surface area contributed by atoms with Gasteiger partial charge in [0.25, 0.3) is 0 Å². The molecule has 84 valence electrons. The van der Waals surface area contributed by atoms with Gasteiger partial charge in [-0.3, -0.25) is 0 Å². The van der Waals surface area contributed by atoms with Gasteiger partial charge in [0.15, 0.2) is 0 Å². The monoisotopic (exact) mass is 207 g/mol. The van der Waals surface area contributed by atoms with Gasteiger partial charge in [-0.25, -0.2) is 4.98 Å². The number of nitrogens with one attached hydrogen (secondary N) is 1. The van der Waals surface area contributed by atoms with Crippen LogP contribution in [-0.2, 0) is 6.54 Å². The van der Waals surface area contributed by atoms with Crippen molar-refractivity contribution in [2.75, 3.05) is 11.9 Å². The summed E-state index contributed by atoms with van der Waals surface area (Å²) in [5.41, 5.74) is 1.12. The van der Waals surface area contributed by atoms with E-state index in [1.165, 1.54) is 19.3 Å². The smallest absolute Gasteiger partial charge is 0.203 e. The Morgan fingerprint density at radius 2 is 2.33 bits per heavy atom. The summed E-state index contributed by atoms with van der Waals surface area (Å²) >= 11 is 0. The van der Waals surface area contributed by atoms with Gasteiger partial charge in [0.2, 0.25) is 5.95 Å². The molecule has 1 heterocycles. The Morgan fingerprint density at radius 3 is 2.93 bits per heavy atom. The van der Waals surface area contributed by atoms with E-state index in [9.17, 15) is 0 Å². The van der Waals surface area contributed by atoms with Crippen LogP contribution in [0.1, 0.15) is 38.3 Å². The number of aryl methyl sites for hydroxylation is 1. The molecule has 1 saturated carbocycles. The van der Waals surface area contributed by atoms with E-state index in [4.69, 9.17) is 0 Å². The predicted molar refractivity (Wildman–Crippen MR) is 63.1 cm³/mol. The van der Waals surface area contributed by atoms with Gasteiger partial charge in [-0.1, -0.05) is 13.3 Å². The molecule has 0 saturated heterocycles. The van der Waals surface area contributed by atoms with Crippen LogP contribution in [0.15, 0.2) is 6.20 Å². The van der Waals surface area contributed by atoms with Gasteiger partial charge in [0.05, 0.1) is 5.69 Å². The second kappa shape index (κ2) is 4.69. The van der Waals surface area contributed by atoms with Gasteiger partial charge >= 0.3 is 0 Å². The van der Waals surface area contributed by atoms with Gasteiger partial charge in [-0.2, -0.15) is 0 Å². The number of nitrogens with zero attached hydrogens (tertiary/aromatic N) is 2. The maximum atomic E-state index is 4.51. The predicted octanol–water partition coefficient (Wildman–Crippen LogP) is 2.81. The van der Waals surface area contributed by atoms with E-state index in [0.717, 1.165) is 37.1 Å². The summed E-state index contributed by atoms with van der Waals surface area (Å²) < 4.78 is 2.29. The van der Waals surface area contributed by atoms with Gasteiger partial charge < -0.3 is 9.88 Å². The Balaban J connectivity index is 1.99. The van der Waals surface area contributed by atoms with Crippen LogP contribution in [-0.4, -0.2) is 16.1 Å². The molecular formula is C12H21N3. The molecule has 3 nitrogen and oxygen atoms in total. The van der Waals surface area contributed by atoms with Crippen LogP contribution >= 0.6 is 0 Å². The lowest BCUT2D eigenvalue weighted by Gasteiger charge is -2.26. The van der Waals surface area contributed by atoms with E-state index >= 15 is 0 Å². The molecule has 0 aromatic carbocycles. The quantitative estimate of drug-likeness (QED) is 0.804. The number of imidazole rings is 1. The molecule has 0 bridgehead atoms. The third-order valence-corrected chi connectivity index (χ3v) is 3.11. The van der Waals surface area contributed by atoms with E-state index in [1.54, 1.807) is 0 Å². The van der Waals surface area contributed by atoms with E-state index in [0.29, 0.717) is 0 Å². The summed E-state index contributed by atoms with van der Waals surface area (Å²) in [6.45, 7) is 6.40. The molecule has 15 heavy (non-hydrogen) atoms. The third kappa shape index (κ3) is 2.52. The molecule has 1 aliphatic rings. The van der Waals surface area contributed by atoms with Crippen molar-refractivity contribution in [1.29, 1.82) is 0 Å². The number of hydrogen-bond donors (Lipinski definition) is 1. The first-order chi connectivity index (χ1) is 7.29. The second-order valence-electron chi connectivity index (χ2n) is 4.58. The summed E-state index contributed by atoms with van der Waals surface area (Å²) in [5, 5.41) is 3.39. The molecule has 1 aliphatic carbocycles. The molecule has 0 aliphatic heterocycles. The minimum absolute atomic E-state index is 0.890. The molecule has 1 fully saturated rings. The van der Waals surface area contributed by atoms with Crippen LogP contribution in [0.2, 0.25) is 0 Å². The van der Waals surface area contributed by atoms with Crippen molar-refractivity contribution in [2.24, 2.45) is 5.92 Å².